The summed E-state index contributed by atoms with van der Waals surface area (Å²) in [5.74, 6) is 0. The Bertz CT molecular complexity index is 457. The van der Waals surface area contributed by atoms with Gasteiger partial charge in [-0.1, -0.05) is 18.2 Å². The van der Waals surface area contributed by atoms with E-state index in [1.807, 2.05) is 6.92 Å². The molecule has 1 unspecified atom stereocenters. The summed E-state index contributed by atoms with van der Waals surface area (Å²) in [5, 5.41) is 10.0. The van der Waals surface area contributed by atoms with Gasteiger partial charge in [0.25, 0.3) is 0 Å². The summed E-state index contributed by atoms with van der Waals surface area (Å²) in [7, 11) is 0. The van der Waals surface area contributed by atoms with E-state index in [-0.39, 0.29) is 0 Å². The first-order valence-corrected chi connectivity index (χ1v) is 6.87. The lowest BCUT2D eigenvalue weighted by molar-refractivity contribution is -0.137. The Morgan fingerprint density at radius 2 is 2.00 bits per heavy atom. The van der Waals surface area contributed by atoms with Gasteiger partial charge in [-0.2, -0.15) is 13.2 Å². The molecule has 1 heterocycles. The van der Waals surface area contributed by atoms with Crippen LogP contribution >= 0.6 is 0 Å². The minimum atomic E-state index is -4.29. The highest BCUT2D eigenvalue weighted by Gasteiger charge is 2.30. The summed E-state index contributed by atoms with van der Waals surface area (Å²) >= 11 is 0. The van der Waals surface area contributed by atoms with Gasteiger partial charge in [0.2, 0.25) is 0 Å². The zero-order valence-electron chi connectivity index (χ0n) is 11.6. The van der Waals surface area contributed by atoms with Crippen molar-refractivity contribution in [1.82, 2.24) is 4.90 Å². The molecule has 0 aromatic heterocycles. The molecular formula is C15H20F3NO. The van der Waals surface area contributed by atoms with Crippen molar-refractivity contribution >= 4 is 0 Å². The quantitative estimate of drug-likeness (QED) is 0.900. The fourth-order valence-electron chi connectivity index (χ4n) is 2.58. The molecule has 112 valence electrons. The molecule has 1 fully saturated rings. The number of likely N-dealkylation sites (tertiary alicyclic amines) is 1. The highest BCUT2D eigenvalue weighted by atomic mass is 19.4. The molecular weight excluding hydrogens is 267 g/mol. The average Bonchev–Trinajstić information content (AvgIpc) is 2.50. The molecule has 0 amide bonds. The lowest BCUT2D eigenvalue weighted by Crippen LogP contribution is -2.28. The molecule has 0 aliphatic carbocycles. The lowest BCUT2D eigenvalue weighted by Gasteiger charge is -2.22. The van der Waals surface area contributed by atoms with E-state index in [0.29, 0.717) is 25.1 Å². The predicted octanol–water partition coefficient (Wildman–Crippen LogP) is 3.44. The van der Waals surface area contributed by atoms with E-state index in [2.05, 4.69) is 4.90 Å². The zero-order valence-corrected chi connectivity index (χ0v) is 11.6. The third-order valence-corrected chi connectivity index (χ3v) is 3.82. The molecule has 2 nitrogen and oxygen atoms in total. The van der Waals surface area contributed by atoms with Gasteiger partial charge in [0, 0.05) is 13.1 Å². The Morgan fingerprint density at radius 1 is 1.25 bits per heavy atom. The fourth-order valence-corrected chi connectivity index (χ4v) is 2.58. The Hall–Kier alpha value is -1.07. The van der Waals surface area contributed by atoms with Crippen molar-refractivity contribution in [3.8, 4) is 0 Å². The maximum absolute atomic E-state index is 12.7. The van der Waals surface area contributed by atoms with Crippen molar-refractivity contribution in [3.05, 3.63) is 35.4 Å². The first-order chi connectivity index (χ1) is 9.26. The first kappa shape index (κ1) is 15.3. The first-order valence-electron chi connectivity index (χ1n) is 6.87. The van der Waals surface area contributed by atoms with Gasteiger partial charge in [0.1, 0.15) is 0 Å². The molecule has 1 N–H and O–H groups in total. The van der Waals surface area contributed by atoms with E-state index >= 15 is 0 Å². The minimum Gasteiger partial charge on any atom is -0.390 e. The van der Waals surface area contributed by atoms with Gasteiger partial charge in [0.05, 0.1) is 11.2 Å². The molecule has 1 aliphatic heterocycles. The van der Waals surface area contributed by atoms with Crippen LogP contribution in [0.1, 0.15) is 37.3 Å². The van der Waals surface area contributed by atoms with Crippen molar-refractivity contribution in [1.29, 1.82) is 0 Å². The number of alkyl halides is 3. The largest absolute Gasteiger partial charge is 0.416 e. The van der Waals surface area contributed by atoms with Gasteiger partial charge < -0.3 is 5.11 Å². The topological polar surface area (TPSA) is 23.5 Å². The summed E-state index contributed by atoms with van der Waals surface area (Å²) in [4.78, 5) is 2.11. The van der Waals surface area contributed by atoms with Gasteiger partial charge in [-0.25, -0.2) is 0 Å². The normalized spacial score (nSPS) is 25.4. The Kier molecular flexibility index (Phi) is 4.39. The summed E-state index contributed by atoms with van der Waals surface area (Å²) in [6.07, 6.45) is -2.03. The van der Waals surface area contributed by atoms with Crippen molar-refractivity contribution in [3.63, 3.8) is 0 Å². The molecule has 1 aromatic rings. The summed E-state index contributed by atoms with van der Waals surface area (Å²) < 4.78 is 38.0. The SMILES string of the molecule is CC1(O)CCCN(Cc2cccc(C(F)(F)F)c2)CC1. The van der Waals surface area contributed by atoms with Crippen molar-refractivity contribution < 1.29 is 18.3 Å². The molecule has 1 aromatic carbocycles. The molecule has 2 rings (SSSR count). The summed E-state index contributed by atoms with van der Waals surface area (Å²) in [5.41, 5.74) is -0.582. The number of rotatable bonds is 2. The maximum atomic E-state index is 12.7. The minimum absolute atomic E-state index is 0.500. The summed E-state index contributed by atoms with van der Waals surface area (Å²) in [6.45, 7) is 3.84. The van der Waals surface area contributed by atoms with Crippen LogP contribution in [0.2, 0.25) is 0 Å². The van der Waals surface area contributed by atoms with E-state index < -0.39 is 17.3 Å². The lowest BCUT2D eigenvalue weighted by atomic mass is 9.98. The van der Waals surface area contributed by atoms with Gasteiger partial charge in [-0.15, -0.1) is 0 Å². The van der Waals surface area contributed by atoms with Crippen LogP contribution in [0.25, 0.3) is 0 Å². The monoisotopic (exact) mass is 287 g/mol. The van der Waals surface area contributed by atoms with Crippen LogP contribution in [0.4, 0.5) is 13.2 Å². The van der Waals surface area contributed by atoms with E-state index in [0.717, 1.165) is 25.5 Å². The van der Waals surface area contributed by atoms with Crippen molar-refractivity contribution in [2.24, 2.45) is 0 Å². The van der Waals surface area contributed by atoms with Crippen molar-refractivity contribution in [2.75, 3.05) is 13.1 Å². The maximum Gasteiger partial charge on any atom is 0.416 e. The van der Waals surface area contributed by atoms with Crippen LogP contribution in [0.5, 0.6) is 0 Å². The fraction of sp³-hybridized carbons (Fsp3) is 0.600. The number of benzene rings is 1. The molecule has 20 heavy (non-hydrogen) atoms. The smallest absolute Gasteiger partial charge is 0.390 e. The van der Waals surface area contributed by atoms with E-state index in [9.17, 15) is 18.3 Å². The Balaban J connectivity index is 2.03. The third-order valence-electron chi connectivity index (χ3n) is 3.82. The van der Waals surface area contributed by atoms with Gasteiger partial charge >= 0.3 is 6.18 Å². The Morgan fingerprint density at radius 3 is 2.70 bits per heavy atom. The second-order valence-electron chi connectivity index (χ2n) is 5.82. The molecule has 0 saturated carbocycles. The van der Waals surface area contributed by atoms with Crippen LogP contribution in [0.15, 0.2) is 24.3 Å². The molecule has 0 spiro atoms. The Labute approximate surface area is 117 Å². The molecule has 0 radical (unpaired) electrons. The van der Waals surface area contributed by atoms with Crippen LogP contribution in [0.3, 0.4) is 0 Å². The number of nitrogens with zero attached hydrogens (tertiary/aromatic N) is 1. The van der Waals surface area contributed by atoms with E-state index in [1.54, 1.807) is 6.07 Å². The number of halogens is 3. The zero-order chi connectivity index (χ0) is 14.8. The number of hydrogen-bond acceptors (Lipinski definition) is 2. The van der Waals surface area contributed by atoms with Crippen LogP contribution < -0.4 is 0 Å². The third kappa shape index (κ3) is 4.21. The standard InChI is InChI=1S/C15H20F3NO/c1-14(20)6-3-8-19(9-7-14)11-12-4-2-5-13(10-12)15(16,17)18/h2,4-5,10,20H,3,6-9,11H2,1H3. The van der Waals surface area contributed by atoms with Crippen LogP contribution in [-0.4, -0.2) is 28.7 Å². The van der Waals surface area contributed by atoms with Crippen molar-refractivity contribution in [2.45, 2.75) is 44.5 Å². The highest BCUT2D eigenvalue weighted by Crippen LogP contribution is 2.30. The molecule has 1 aliphatic rings. The van der Waals surface area contributed by atoms with E-state index in [1.165, 1.54) is 12.1 Å². The van der Waals surface area contributed by atoms with Gasteiger partial charge in [-0.3, -0.25) is 4.90 Å². The van der Waals surface area contributed by atoms with Gasteiger partial charge in [-0.05, 0) is 44.4 Å². The highest BCUT2D eigenvalue weighted by molar-refractivity contribution is 5.25. The number of hydrogen-bond donors (Lipinski definition) is 1. The molecule has 5 heteroatoms. The van der Waals surface area contributed by atoms with Gasteiger partial charge in [0.15, 0.2) is 0 Å². The second kappa shape index (κ2) is 5.74. The van der Waals surface area contributed by atoms with Crippen LogP contribution in [0, 0.1) is 0 Å². The molecule has 1 atom stereocenters. The molecule has 1 saturated heterocycles. The number of aliphatic hydroxyl groups is 1. The molecule has 0 bridgehead atoms. The van der Waals surface area contributed by atoms with Crippen LogP contribution in [-0.2, 0) is 12.7 Å². The predicted molar refractivity (Wildman–Crippen MR) is 71.2 cm³/mol. The average molecular weight is 287 g/mol. The van der Waals surface area contributed by atoms with E-state index in [4.69, 9.17) is 0 Å². The summed E-state index contributed by atoms with van der Waals surface area (Å²) in [6, 6.07) is 5.48. The second-order valence-corrected chi connectivity index (χ2v) is 5.82.